The van der Waals surface area contributed by atoms with Crippen molar-refractivity contribution in [2.45, 2.75) is 0 Å². The second-order valence-corrected chi connectivity index (χ2v) is 5.98. The third-order valence-corrected chi connectivity index (χ3v) is 3.48. The molecule has 0 heterocycles. The van der Waals surface area contributed by atoms with Crippen LogP contribution in [0, 0.1) is 0 Å². The smallest absolute Gasteiger partial charge is 0.323 e. The zero-order valence-electron chi connectivity index (χ0n) is 10.7. The van der Waals surface area contributed by atoms with Crippen LogP contribution in [0.1, 0.15) is 10.4 Å². The Kier molecular flexibility index (Phi) is 4.98. The third-order valence-electron chi connectivity index (χ3n) is 2.56. The highest BCUT2D eigenvalue weighted by Gasteiger charge is 2.10. The number of anilines is 2. The van der Waals surface area contributed by atoms with Gasteiger partial charge in [-0.1, -0.05) is 44.0 Å². The van der Waals surface area contributed by atoms with Gasteiger partial charge < -0.3 is 16.4 Å². The van der Waals surface area contributed by atoms with Crippen molar-refractivity contribution in [1.82, 2.24) is 0 Å². The van der Waals surface area contributed by atoms with Gasteiger partial charge in [0, 0.05) is 14.6 Å². The minimum Gasteiger partial charge on any atom is -0.366 e. The molecule has 0 bridgehead atoms. The maximum Gasteiger partial charge on any atom is 0.323 e. The second kappa shape index (κ2) is 6.73. The van der Waals surface area contributed by atoms with Crippen LogP contribution < -0.4 is 16.4 Å². The van der Waals surface area contributed by atoms with Gasteiger partial charge in [-0.3, -0.25) is 4.79 Å². The van der Waals surface area contributed by atoms with E-state index in [9.17, 15) is 9.59 Å². The molecule has 0 atom stereocenters. The molecule has 2 rings (SSSR count). The van der Waals surface area contributed by atoms with Crippen LogP contribution in [-0.2, 0) is 0 Å². The standard InChI is InChI=1S/C14H11Br2N3O2/c15-8-5-9(16)7-10(6-8)18-14(21)19-12-4-2-1-3-11(12)13(17)20/h1-7H,(H2,17,20)(H2,18,19,21). The number of hydrogen-bond acceptors (Lipinski definition) is 2. The SMILES string of the molecule is NC(=O)c1ccccc1NC(=O)Nc1cc(Br)cc(Br)c1. The van der Waals surface area contributed by atoms with Gasteiger partial charge in [0.1, 0.15) is 0 Å². The summed E-state index contributed by atoms with van der Waals surface area (Å²) in [7, 11) is 0. The number of para-hydroxylation sites is 1. The van der Waals surface area contributed by atoms with E-state index >= 15 is 0 Å². The second-order valence-electron chi connectivity index (χ2n) is 4.15. The number of amides is 3. The molecule has 108 valence electrons. The Bertz CT molecular complexity index is 684. The van der Waals surface area contributed by atoms with E-state index in [1.807, 2.05) is 6.07 Å². The van der Waals surface area contributed by atoms with Crippen LogP contribution in [0.5, 0.6) is 0 Å². The van der Waals surface area contributed by atoms with E-state index in [4.69, 9.17) is 5.73 Å². The summed E-state index contributed by atoms with van der Waals surface area (Å²) in [4.78, 5) is 23.3. The molecule has 4 N–H and O–H groups in total. The molecule has 2 aromatic carbocycles. The summed E-state index contributed by atoms with van der Waals surface area (Å²) in [6.07, 6.45) is 0. The van der Waals surface area contributed by atoms with Crippen LogP contribution in [0.4, 0.5) is 16.2 Å². The molecule has 3 amide bonds. The van der Waals surface area contributed by atoms with Crippen molar-refractivity contribution in [2.75, 3.05) is 10.6 Å². The molecule has 7 heteroatoms. The number of carbonyl (C=O) groups is 2. The first kappa shape index (κ1) is 15.5. The van der Waals surface area contributed by atoms with Gasteiger partial charge in [0.15, 0.2) is 0 Å². The van der Waals surface area contributed by atoms with Gasteiger partial charge >= 0.3 is 6.03 Å². The average molecular weight is 413 g/mol. The number of carbonyl (C=O) groups excluding carboxylic acids is 2. The number of urea groups is 1. The zero-order valence-corrected chi connectivity index (χ0v) is 13.9. The van der Waals surface area contributed by atoms with Gasteiger partial charge in [-0.05, 0) is 30.3 Å². The van der Waals surface area contributed by atoms with Crippen LogP contribution in [0.2, 0.25) is 0 Å². The van der Waals surface area contributed by atoms with E-state index in [0.29, 0.717) is 11.4 Å². The molecule has 5 nitrogen and oxygen atoms in total. The first-order valence-electron chi connectivity index (χ1n) is 5.88. The van der Waals surface area contributed by atoms with Crippen molar-refractivity contribution in [3.8, 4) is 0 Å². The van der Waals surface area contributed by atoms with Crippen LogP contribution in [0.3, 0.4) is 0 Å². The van der Waals surface area contributed by atoms with E-state index in [2.05, 4.69) is 42.5 Å². The molecule has 0 radical (unpaired) electrons. The fraction of sp³-hybridized carbons (Fsp3) is 0. The zero-order chi connectivity index (χ0) is 15.4. The Hall–Kier alpha value is -1.86. The maximum absolute atomic E-state index is 12.0. The molecule has 0 spiro atoms. The molecule has 0 saturated heterocycles. The van der Waals surface area contributed by atoms with Crippen molar-refractivity contribution in [1.29, 1.82) is 0 Å². The number of nitrogens with one attached hydrogen (secondary N) is 2. The van der Waals surface area contributed by atoms with Crippen LogP contribution in [0.25, 0.3) is 0 Å². The number of hydrogen-bond donors (Lipinski definition) is 3. The highest BCUT2D eigenvalue weighted by atomic mass is 79.9. The highest BCUT2D eigenvalue weighted by molar-refractivity contribution is 9.11. The van der Waals surface area contributed by atoms with Crippen LogP contribution >= 0.6 is 31.9 Å². The number of primary amides is 1. The van der Waals surface area contributed by atoms with E-state index in [1.54, 1.807) is 36.4 Å². The van der Waals surface area contributed by atoms with E-state index in [1.165, 1.54) is 0 Å². The fourth-order valence-electron chi connectivity index (χ4n) is 1.72. The number of benzene rings is 2. The monoisotopic (exact) mass is 411 g/mol. The summed E-state index contributed by atoms with van der Waals surface area (Å²) >= 11 is 6.68. The highest BCUT2D eigenvalue weighted by Crippen LogP contribution is 2.23. The van der Waals surface area contributed by atoms with Crippen molar-refractivity contribution in [3.05, 3.63) is 57.0 Å². The number of rotatable bonds is 3. The van der Waals surface area contributed by atoms with Gasteiger partial charge in [-0.15, -0.1) is 0 Å². The molecular formula is C14H11Br2N3O2. The molecule has 0 aliphatic rings. The summed E-state index contributed by atoms with van der Waals surface area (Å²) < 4.78 is 1.65. The minimum absolute atomic E-state index is 0.253. The van der Waals surface area contributed by atoms with Gasteiger partial charge in [0.2, 0.25) is 0 Å². The molecular weight excluding hydrogens is 402 g/mol. The molecule has 0 aliphatic carbocycles. The van der Waals surface area contributed by atoms with Gasteiger partial charge in [0.25, 0.3) is 5.91 Å². The van der Waals surface area contributed by atoms with E-state index in [0.717, 1.165) is 8.95 Å². The molecule has 0 aliphatic heterocycles. The van der Waals surface area contributed by atoms with Gasteiger partial charge in [0.05, 0.1) is 11.3 Å². The molecule has 0 saturated carbocycles. The fourth-order valence-corrected chi connectivity index (χ4v) is 3.01. The largest absolute Gasteiger partial charge is 0.366 e. The summed E-state index contributed by atoms with van der Waals surface area (Å²) in [5, 5.41) is 5.27. The molecule has 0 fully saturated rings. The topological polar surface area (TPSA) is 84.2 Å². The van der Waals surface area contributed by atoms with Crippen molar-refractivity contribution >= 4 is 55.2 Å². The number of halogens is 2. The third kappa shape index (κ3) is 4.30. The Morgan fingerprint density at radius 3 is 2.19 bits per heavy atom. The summed E-state index contributed by atoms with van der Waals surface area (Å²) in [6, 6.07) is 11.4. The first-order valence-corrected chi connectivity index (χ1v) is 7.47. The van der Waals surface area contributed by atoms with E-state index < -0.39 is 11.9 Å². The van der Waals surface area contributed by atoms with Gasteiger partial charge in [-0.2, -0.15) is 0 Å². The van der Waals surface area contributed by atoms with Crippen molar-refractivity contribution in [3.63, 3.8) is 0 Å². The molecule has 0 unspecified atom stereocenters. The minimum atomic E-state index is -0.601. The summed E-state index contributed by atoms with van der Waals surface area (Å²) in [5.74, 6) is -0.601. The van der Waals surface area contributed by atoms with Gasteiger partial charge in [-0.25, -0.2) is 4.79 Å². The average Bonchev–Trinajstić information content (AvgIpc) is 2.37. The Morgan fingerprint density at radius 1 is 0.952 bits per heavy atom. The van der Waals surface area contributed by atoms with Crippen molar-refractivity contribution in [2.24, 2.45) is 5.73 Å². The lowest BCUT2D eigenvalue weighted by Crippen LogP contribution is -2.22. The first-order chi connectivity index (χ1) is 9.95. The predicted octanol–water partition coefficient (Wildman–Crippen LogP) is 3.95. The Labute approximate surface area is 138 Å². The molecule has 2 aromatic rings. The summed E-state index contributed by atoms with van der Waals surface area (Å²) in [5.41, 5.74) is 6.47. The Balaban J connectivity index is 2.14. The lowest BCUT2D eigenvalue weighted by Gasteiger charge is -2.10. The van der Waals surface area contributed by atoms with Crippen LogP contribution in [0.15, 0.2) is 51.4 Å². The Morgan fingerprint density at radius 2 is 1.57 bits per heavy atom. The molecule has 0 aromatic heterocycles. The maximum atomic E-state index is 12.0. The molecule has 21 heavy (non-hydrogen) atoms. The lowest BCUT2D eigenvalue weighted by molar-refractivity contribution is 0.100. The van der Waals surface area contributed by atoms with E-state index in [-0.39, 0.29) is 5.56 Å². The van der Waals surface area contributed by atoms with Crippen molar-refractivity contribution < 1.29 is 9.59 Å². The summed E-state index contributed by atoms with van der Waals surface area (Å²) in [6.45, 7) is 0. The normalized spacial score (nSPS) is 10.0. The lowest BCUT2D eigenvalue weighted by atomic mass is 10.1. The predicted molar refractivity (Wildman–Crippen MR) is 89.4 cm³/mol. The number of nitrogens with two attached hydrogens (primary N) is 1. The quantitative estimate of drug-likeness (QED) is 0.712. The van der Waals surface area contributed by atoms with Crippen LogP contribution in [-0.4, -0.2) is 11.9 Å².